The van der Waals surface area contributed by atoms with Crippen molar-refractivity contribution in [1.82, 2.24) is 9.80 Å². The number of amides is 1. The molecule has 0 bridgehead atoms. The summed E-state index contributed by atoms with van der Waals surface area (Å²) in [5.74, 6) is 0.994. The number of nitrogens with zero attached hydrogens (tertiary/aromatic N) is 2. The number of anilines is 1. The van der Waals surface area contributed by atoms with Gasteiger partial charge in [0.2, 0.25) is 10.0 Å². The number of hydrogen-bond acceptors (Lipinski definition) is 5. The van der Waals surface area contributed by atoms with E-state index in [4.69, 9.17) is 4.74 Å². The predicted molar refractivity (Wildman–Crippen MR) is 121 cm³/mol. The summed E-state index contributed by atoms with van der Waals surface area (Å²) in [6.45, 7) is 6.37. The highest BCUT2D eigenvalue weighted by molar-refractivity contribution is 7.92. The van der Waals surface area contributed by atoms with Gasteiger partial charge in [-0.25, -0.2) is 8.42 Å². The molecule has 2 aliphatic heterocycles. The van der Waals surface area contributed by atoms with E-state index < -0.39 is 10.0 Å². The molecule has 1 fully saturated rings. The number of nitrogens with one attached hydrogen (secondary N) is 1. The van der Waals surface area contributed by atoms with Crippen molar-refractivity contribution in [3.8, 4) is 5.75 Å². The van der Waals surface area contributed by atoms with Crippen LogP contribution in [0.2, 0.25) is 0 Å². The number of hydrogen-bond donors (Lipinski definition) is 1. The zero-order valence-corrected chi connectivity index (χ0v) is 18.7. The third-order valence-electron chi connectivity index (χ3n) is 5.68. The van der Waals surface area contributed by atoms with Gasteiger partial charge in [0.25, 0.3) is 5.91 Å². The van der Waals surface area contributed by atoms with Gasteiger partial charge in [-0.3, -0.25) is 14.4 Å². The molecular formula is C23H29N3O4S. The van der Waals surface area contributed by atoms with Crippen molar-refractivity contribution in [1.29, 1.82) is 0 Å². The average molecular weight is 444 g/mol. The molecule has 1 amide bonds. The van der Waals surface area contributed by atoms with Crippen molar-refractivity contribution in [3.05, 3.63) is 59.2 Å². The molecule has 7 nitrogen and oxygen atoms in total. The molecule has 1 N–H and O–H groups in total. The molecule has 0 aromatic heterocycles. The number of carbonyl (C=O) groups is 1. The standard InChI is InChI=1S/C23H29N3O4S/c1-2-14-31(28,29)24-21-5-3-4-20(16-21)23(27)26-11-9-25(10-12-26)17-18-6-7-22-19(15-18)8-13-30-22/h3-7,15-16,24H,2,8-14,17H2,1H3. The Balaban J connectivity index is 1.33. The van der Waals surface area contributed by atoms with Crippen LogP contribution >= 0.6 is 0 Å². The Hall–Kier alpha value is -2.58. The first-order chi connectivity index (χ1) is 14.9. The van der Waals surface area contributed by atoms with E-state index in [1.54, 1.807) is 24.3 Å². The number of sulfonamides is 1. The number of rotatable bonds is 7. The molecule has 2 aliphatic rings. The fraction of sp³-hybridized carbons (Fsp3) is 0.435. The summed E-state index contributed by atoms with van der Waals surface area (Å²) in [4.78, 5) is 17.2. The lowest BCUT2D eigenvalue weighted by molar-refractivity contribution is 0.0628. The van der Waals surface area contributed by atoms with Gasteiger partial charge in [-0.2, -0.15) is 0 Å². The smallest absolute Gasteiger partial charge is 0.254 e. The number of benzene rings is 2. The summed E-state index contributed by atoms with van der Waals surface area (Å²) in [6, 6.07) is 13.1. The van der Waals surface area contributed by atoms with Gasteiger partial charge in [0.05, 0.1) is 12.4 Å². The van der Waals surface area contributed by atoms with Crippen LogP contribution in [0.1, 0.15) is 34.8 Å². The summed E-state index contributed by atoms with van der Waals surface area (Å²) >= 11 is 0. The zero-order chi connectivity index (χ0) is 21.8. The van der Waals surface area contributed by atoms with E-state index in [-0.39, 0.29) is 11.7 Å². The van der Waals surface area contributed by atoms with E-state index in [0.717, 1.165) is 38.4 Å². The largest absolute Gasteiger partial charge is 0.493 e. The Kier molecular flexibility index (Phi) is 6.48. The summed E-state index contributed by atoms with van der Waals surface area (Å²) in [7, 11) is -3.38. The molecule has 31 heavy (non-hydrogen) atoms. The number of fused-ring (bicyclic) bond motifs is 1. The lowest BCUT2D eigenvalue weighted by Crippen LogP contribution is -2.48. The summed E-state index contributed by atoms with van der Waals surface area (Å²) < 4.78 is 32.2. The third kappa shape index (κ3) is 5.37. The van der Waals surface area contributed by atoms with Gasteiger partial charge < -0.3 is 9.64 Å². The molecular weight excluding hydrogens is 414 g/mol. The average Bonchev–Trinajstić information content (AvgIpc) is 3.21. The van der Waals surface area contributed by atoms with Crippen molar-refractivity contribution in [3.63, 3.8) is 0 Å². The van der Waals surface area contributed by atoms with Crippen LogP contribution in [0.5, 0.6) is 5.75 Å². The fourth-order valence-corrected chi connectivity index (χ4v) is 5.23. The highest BCUT2D eigenvalue weighted by Crippen LogP contribution is 2.26. The maximum atomic E-state index is 13.0. The molecule has 0 saturated carbocycles. The highest BCUT2D eigenvalue weighted by atomic mass is 32.2. The second-order valence-electron chi connectivity index (χ2n) is 8.11. The Morgan fingerprint density at radius 1 is 1.10 bits per heavy atom. The van der Waals surface area contributed by atoms with Gasteiger partial charge in [0.15, 0.2) is 0 Å². The topological polar surface area (TPSA) is 79.0 Å². The van der Waals surface area contributed by atoms with Crippen LogP contribution in [0.4, 0.5) is 5.69 Å². The second kappa shape index (κ2) is 9.28. The van der Waals surface area contributed by atoms with Crippen molar-refractivity contribution >= 4 is 21.6 Å². The van der Waals surface area contributed by atoms with Crippen LogP contribution in [-0.2, 0) is 23.0 Å². The van der Waals surface area contributed by atoms with E-state index in [9.17, 15) is 13.2 Å². The molecule has 8 heteroatoms. The molecule has 0 unspecified atom stereocenters. The number of carbonyl (C=O) groups excluding carboxylic acids is 1. The molecule has 2 heterocycles. The van der Waals surface area contributed by atoms with Crippen molar-refractivity contribution in [2.24, 2.45) is 0 Å². The second-order valence-corrected chi connectivity index (χ2v) is 9.95. The fourth-order valence-electron chi connectivity index (χ4n) is 4.10. The van der Waals surface area contributed by atoms with Gasteiger partial charge in [0, 0.05) is 50.4 Å². The molecule has 1 saturated heterocycles. The van der Waals surface area contributed by atoms with Gasteiger partial charge in [-0.05, 0) is 41.8 Å². The predicted octanol–water partition coefficient (Wildman–Crippen LogP) is 2.73. The monoisotopic (exact) mass is 443 g/mol. The summed E-state index contributed by atoms with van der Waals surface area (Å²) in [6.07, 6.45) is 1.51. The summed E-state index contributed by atoms with van der Waals surface area (Å²) in [5.41, 5.74) is 3.49. The first-order valence-corrected chi connectivity index (χ1v) is 12.5. The first kappa shape index (κ1) is 21.6. The minimum Gasteiger partial charge on any atom is -0.493 e. The lowest BCUT2D eigenvalue weighted by Gasteiger charge is -2.35. The third-order valence-corrected chi connectivity index (χ3v) is 7.17. The maximum Gasteiger partial charge on any atom is 0.254 e. The number of ether oxygens (including phenoxy) is 1. The minimum absolute atomic E-state index is 0.0599. The SMILES string of the molecule is CCCS(=O)(=O)Nc1cccc(C(=O)N2CCN(Cc3ccc4c(c3)CCO4)CC2)c1. The molecule has 0 spiro atoms. The van der Waals surface area contributed by atoms with Crippen LogP contribution in [0.3, 0.4) is 0 Å². The first-order valence-electron chi connectivity index (χ1n) is 10.8. The minimum atomic E-state index is -3.38. The molecule has 2 aromatic carbocycles. The molecule has 2 aromatic rings. The van der Waals surface area contributed by atoms with Gasteiger partial charge in [-0.1, -0.05) is 25.1 Å². The van der Waals surface area contributed by atoms with E-state index in [0.29, 0.717) is 30.8 Å². The zero-order valence-electron chi connectivity index (χ0n) is 17.8. The summed E-state index contributed by atoms with van der Waals surface area (Å²) in [5, 5.41) is 0. The van der Waals surface area contributed by atoms with Crippen LogP contribution < -0.4 is 9.46 Å². The quantitative estimate of drug-likeness (QED) is 0.712. The normalized spacial score (nSPS) is 16.6. The highest BCUT2D eigenvalue weighted by Gasteiger charge is 2.23. The van der Waals surface area contributed by atoms with Crippen molar-refractivity contribution < 1.29 is 17.9 Å². The Morgan fingerprint density at radius 2 is 1.90 bits per heavy atom. The lowest BCUT2D eigenvalue weighted by atomic mass is 10.1. The van der Waals surface area contributed by atoms with E-state index in [1.807, 2.05) is 11.8 Å². The van der Waals surface area contributed by atoms with Crippen LogP contribution in [0.15, 0.2) is 42.5 Å². The van der Waals surface area contributed by atoms with Crippen molar-refractivity contribution in [2.75, 3.05) is 43.3 Å². The van der Waals surface area contributed by atoms with Gasteiger partial charge >= 0.3 is 0 Å². The Bertz CT molecular complexity index is 1050. The van der Waals surface area contributed by atoms with Crippen LogP contribution in [0, 0.1) is 0 Å². The Morgan fingerprint density at radius 3 is 2.68 bits per heavy atom. The Labute approximate surface area is 184 Å². The van der Waals surface area contributed by atoms with Crippen LogP contribution in [0.25, 0.3) is 0 Å². The number of piperazine rings is 1. The van der Waals surface area contributed by atoms with Gasteiger partial charge in [-0.15, -0.1) is 0 Å². The maximum absolute atomic E-state index is 13.0. The molecule has 0 aliphatic carbocycles. The molecule has 0 atom stereocenters. The van der Waals surface area contributed by atoms with Crippen LogP contribution in [-0.4, -0.2) is 62.7 Å². The van der Waals surface area contributed by atoms with Crippen molar-refractivity contribution in [2.45, 2.75) is 26.3 Å². The van der Waals surface area contributed by atoms with E-state index >= 15 is 0 Å². The van der Waals surface area contributed by atoms with E-state index in [1.165, 1.54) is 11.1 Å². The van der Waals surface area contributed by atoms with E-state index in [2.05, 4.69) is 27.8 Å². The molecule has 166 valence electrons. The van der Waals surface area contributed by atoms with Gasteiger partial charge in [0.1, 0.15) is 5.75 Å². The molecule has 4 rings (SSSR count). The molecule has 0 radical (unpaired) electrons.